The van der Waals surface area contributed by atoms with Gasteiger partial charge in [0.2, 0.25) is 16.0 Å². The van der Waals surface area contributed by atoms with E-state index in [0.29, 0.717) is 13.1 Å². The van der Waals surface area contributed by atoms with Crippen LogP contribution in [0.1, 0.15) is 18.4 Å². The predicted molar refractivity (Wildman–Crippen MR) is 126 cm³/mol. The SMILES string of the molecule is COc1cccc(CNC(=O)[C@H]2CCCN(c3nn4cc(-c5ccc(F)cc5)nc4s3)C2)c1. The van der Waals surface area contributed by atoms with Gasteiger partial charge in [-0.2, -0.15) is 0 Å². The van der Waals surface area contributed by atoms with Gasteiger partial charge in [0.25, 0.3) is 0 Å². The molecule has 0 saturated carbocycles. The van der Waals surface area contributed by atoms with Crippen molar-refractivity contribution in [2.45, 2.75) is 19.4 Å². The number of nitrogens with one attached hydrogen (secondary N) is 1. The van der Waals surface area contributed by atoms with Crippen LogP contribution in [-0.2, 0) is 11.3 Å². The standard InChI is InChI=1S/C24H24FN5O2S/c1-32-20-6-2-4-16(12-20)13-26-22(31)18-5-3-11-29(14-18)24-28-30-15-21(27-23(30)33-24)17-7-9-19(25)10-8-17/h2,4,6-10,12,15,18H,3,5,11,13-14H2,1H3,(H,26,31)/t18-/m0/s1. The summed E-state index contributed by atoms with van der Waals surface area (Å²) in [4.78, 5) is 20.4. The number of halogens is 1. The Bertz CT molecular complexity index is 1240. The van der Waals surface area contributed by atoms with Crippen LogP contribution in [-0.4, -0.2) is 40.7 Å². The summed E-state index contributed by atoms with van der Waals surface area (Å²) in [5.74, 6) is 0.479. The number of fused-ring (bicyclic) bond motifs is 1. The molecule has 0 bridgehead atoms. The van der Waals surface area contributed by atoms with Crippen LogP contribution in [0.5, 0.6) is 5.75 Å². The molecule has 1 atom stereocenters. The van der Waals surface area contributed by atoms with E-state index >= 15 is 0 Å². The van der Waals surface area contributed by atoms with Crippen LogP contribution in [0.15, 0.2) is 54.7 Å². The molecule has 1 aliphatic rings. The number of imidazole rings is 1. The number of carbonyl (C=O) groups is 1. The molecule has 2 aromatic carbocycles. The van der Waals surface area contributed by atoms with E-state index in [4.69, 9.17) is 4.74 Å². The molecule has 1 saturated heterocycles. The van der Waals surface area contributed by atoms with Crippen molar-refractivity contribution in [3.05, 3.63) is 66.1 Å². The Labute approximate surface area is 194 Å². The minimum atomic E-state index is -0.271. The van der Waals surface area contributed by atoms with E-state index in [9.17, 15) is 9.18 Å². The highest BCUT2D eigenvalue weighted by Gasteiger charge is 2.28. The lowest BCUT2D eigenvalue weighted by atomic mass is 9.97. The van der Waals surface area contributed by atoms with Gasteiger partial charge in [0.1, 0.15) is 11.6 Å². The van der Waals surface area contributed by atoms with E-state index in [1.807, 2.05) is 30.5 Å². The summed E-state index contributed by atoms with van der Waals surface area (Å²) in [5, 5.41) is 8.60. The Morgan fingerprint density at radius 3 is 2.91 bits per heavy atom. The molecule has 5 rings (SSSR count). The smallest absolute Gasteiger partial charge is 0.225 e. The molecule has 2 aromatic heterocycles. The van der Waals surface area contributed by atoms with E-state index < -0.39 is 0 Å². The lowest BCUT2D eigenvalue weighted by molar-refractivity contribution is -0.125. The van der Waals surface area contributed by atoms with Gasteiger partial charge in [-0.1, -0.05) is 23.5 Å². The fraction of sp³-hybridized carbons (Fsp3) is 0.292. The summed E-state index contributed by atoms with van der Waals surface area (Å²) in [5.41, 5.74) is 2.61. The maximum Gasteiger partial charge on any atom is 0.225 e. The van der Waals surface area contributed by atoms with Gasteiger partial charge in [-0.3, -0.25) is 4.79 Å². The Hall–Kier alpha value is -3.46. The van der Waals surface area contributed by atoms with Crippen molar-refractivity contribution in [3.63, 3.8) is 0 Å². The predicted octanol–water partition coefficient (Wildman–Crippen LogP) is 4.14. The molecule has 0 unspecified atom stereocenters. The van der Waals surface area contributed by atoms with Gasteiger partial charge in [0.15, 0.2) is 0 Å². The number of carbonyl (C=O) groups excluding carboxylic acids is 1. The molecule has 1 aliphatic heterocycles. The van der Waals surface area contributed by atoms with E-state index in [1.54, 1.807) is 23.8 Å². The van der Waals surface area contributed by atoms with Crippen LogP contribution < -0.4 is 15.0 Å². The first-order chi connectivity index (χ1) is 16.1. The van der Waals surface area contributed by atoms with Crippen LogP contribution in [0.2, 0.25) is 0 Å². The summed E-state index contributed by atoms with van der Waals surface area (Å²) in [7, 11) is 1.63. The van der Waals surface area contributed by atoms with E-state index in [-0.39, 0.29) is 17.6 Å². The first kappa shape index (κ1) is 21.4. The molecule has 0 radical (unpaired) electrons. The molecule has 9 heteroatoms. The van der Waals surface area contributed by atoms with Crippen LogP contribution >= 0.6 is 11.3 Å². The van der Waals surface area contributed by atoms with Crippen LogP contribution in [0.3, 0.4) is 0 Å². The summed E-state index contributed by atoms with van der Waals surface area (Å²) < 4.78 is 20.2. The van der Waals surface area contributed by atoms with Gasteiger partial charge in [0, 0.05) is 25.2 Å². The molecule has 1 fully saturated rings. The zero-order valence-electron chi connectivity index (χ0n) is 18.2. The fourth-order valence-electron chi connectivity index (χ4n) is 4.06. The zero-order chi connectivity index (χ0) is 22.8. The third-order valence-corrected chi connectivity index (χ3v) is 6.82. The summed E-state index contributed by atoms with van der Waals surface area (Å²) in [6.45, 7) is 1.97. The minimum Gasteiger partial charge on any atom is -0.497 e. The summed E-state index contributed by atoms with van der Waals surface area (Å²) >= 11 is 1.50. The second-order valence-electron chi connectivity index (χ2n) is 8.10. The fourth-order valence-corrected chi connectivity index (χ4v) is 4.98. The Morgan fingerprint density at radius 1 is 1.27 bits per heavy atom. The van der Waals surface area contributed by atoms with Gasteiger partial charge in [0.05, 0.1) is 24.9 Å². The number of hydrogen-bond donors (Lipinski definition) is 1. The van der Waals surface area contributed by atoms with Crippen LogP contribution in [0.25, 0.3) is 16.2 Å². The van der Waals surface area contributed by atoms with Gasteiger partial charge in [-0.05, 0) is 54.8 Å². The van der Waals surface area contributed by atoms with Crippen molar-refractivity contribution in [2.75, 3.05) is 25.1 Å². The average Bonchev–Trinajstić information content (AvgIpc) is 3.43. The number of benzene rings is 2. The Balaban J connectivity index is 1.23. The van der Waals surface area contributed by atoms with E-state index in [1.165, 1.54) is 23.5 Å². The summed E-state index contributed by atoms with van der Waals surface area (Å²) in [6, 6.07) is 14.0. The maximum atomic E-state index is 13.2. The topological polar surface area (TPSA) is 71.8 Å². The lowest BCUT2D eigenvalue weighted by Crippen LogP contribution is -2.43. The van der Waals surface area contributed by atoms with Crippen molar-refractivity contribution in [2.24, 2.45) is 5.92 Å². The van der Waals surface area contributed by atoms with Gasteiger partial charge >= 0.3 is 0 Å². The first-order valence-corrected chi connectivity index (χ1v) is 11.7. The number of ether oxygens (including phenoxy) is 1. The molecule has 0 spiro atoms. The van der Waals surface area contributed by atoms with Crippen LogP contribution in [0.4, 0.5) is 9.52 Å². The quantitative estimate of drug-likeness (QED) is 0.464. The number of piperidine rings is 1. The molecule has 33 heavy (non-hydrogen) atoms. The second-order valence-corrected chi connectivity index (χ2v) is 9.03. The zero-order valence-corrected chi connectivity index (χ0v) is 19.0. The van der Waals surface area contributed by atoms with E-state index in [0.717, 1.165) is 52.0 Å². The molecule has 170 valence electrons. The number of amides is 1. The van der Waals surface area contributed by atoms with Crippen molar-refractivity contribution < 1.29 is 13.9 Å². The largest absolute Gasteiger partial charge is 0.497 e. The Kier molecular flexibility index (Phi) is 5.95. The molecular weight excluding hydrogens is 441 g/mol. The first-order valence-electron chi connectivity index (χ1n) is 10.9. The van der Waals surface area contributed by atoms with Crippen molar-refractivity contribution >= 4 is 27.3 Å². The highest BCUT2D eigenvalue weighted by Crippen LogP contribution is 2.30. The summed E-state index contributed by atoms with van der Waals surface area (Å²) in [6.07, 6.45) is 3.64. The molecule has 1 N–H and O–H groups in total. The van der Waals surface area contributed by atoms with Gasteiger partial charge < -0.3 is 15.0 Å². The number of nitrogens with zero attached hydrogens (tertiary/aromatic N) is 4. The third-order valence-electron chi connectivity index (χ3n) is 5.84. The molecule has 1 amide bonds. The Morgan fingerprint density at radius 2 is 2.12 bits per heavy atom. The number of anilines is 1. The van der Waals surface area contributed by atoms with Crippen LogP contribution in [0, 0.1) is 11.7 Å². The second kappa shape index (κ2) is 9.19. The van der Waals surface area contributed by atoms with Crippen molar-refractivity contribution in [1.82, 2.24) is 19.9 Å². The van der Waals surface area contributed by atoms with Gasteiger partial charge in [-0.15, -0.1) is 5.10 Å². The van der Waals surface area contributed by atoms with E-state index in [2.05, 4.69) is 20.3 Å². The molecule has 3 heterocycles. The highest BCUT2D eigenvalue weighted by atomic mass is 32.1. The number of hydrogen-bond acceptors (Lipinski definition) is 6. The number of rotatable bonds is 6. The molecular formula is C24H24FN5O2S. The highest BCUT2D eigenvalue weighted by molar-refractivity contribution is 7.20. The molecule has 4 aromatic rings. The minimum absolute atomic E-state index is 0.0578. The maximum absolute atomic E-state index is 13.2. The molecule has 0 aliphatic carbocycles. The number of aromatic nitrogens is 3. The van der Waals surface area contributed by atoms with Crippen molar-refractivity contribution in [1.29, 1.82) is 0 Å². The monoisotopic (exact) mass is 465 g/mol. The van der Waals surface area contributed by atoms with Gasteiger partial charge in [-0.25, -0.2) is 13.9 Å². The normalized spacial score (nSPS) is 16.2. The lowest BCUT2D eigenvalue weighted by Gasteiger charge is -2.31. The number of methoxy groups -OCH3 is 1. The van der Waals surface area contributed by atoms with Crippen molar-refractivity contribution in [3.8, 4) is 17.0 Å². The average molecular weight is 466 g/mol. The third kappa shape index (κ3) is 4.68. The molecule has 7 nitrogen and oxygen atoms in total.